The van der Waals surface area contributed by atoms with E-state index < -0.39 is 245 Å². The van der Waals surface area contributed by atoms with Crippen molar-refractivity contribution in [3.8, 4) is 33.4 Å². The molecule has 0 radical (unpaired) electrons. The predicted octanol–water partition coefficient (Wildman–Crippen LogP) is 12.0. The summed E-state index contributed by atoms with van der Waals surface area (Å²) < 4.78 is 239. The smallest absolute Gasteiger partial charge is 0.136 e. The summed E-state index contributed by atoms with van der Waals surface area (Å²) in [5.74, 6) is 0. The van der Waals surface area contributed by atoms with Crippen LogP contribution in [0.2, 0.25) is 0 Å². The SMILES string of the molecule is [2H]c1c([2H])c([2H])c(-c2c([2H])c([2H])c3c(-c4c([2H])c([2H])c([2H])c5c([2H])c([2H])c([2H])c([2H])c45)c4c([2H])c([2H])c([2H])c([2H])c4c(-c4c([2H])c([2H])c([2H])c5oc6c([2H])c([2H])c([2H])c([2H])c6c45)c3c2[2H])c([2H])c1[2H]. The number of fused-ring (bicyclic) bond motifs is 6. The van der Waals surface area contributed by atoms with Crippen LogP contribution in [0.4, 0.5) is 0 Å². The monoisotopic (exact) mass is 572 g/mol. The van der Waals surface area contributed by atoms with Crippen LogP contribution in [0.15, 0.2) is 162 Å². The molecule has 0 fully saturated rings. The zero-order chi connectivity index (χ0) is 51.0. The van der Waals surface area contributed by atoms with Gasteiger partial charge in [-0.05, 0) is 83.8 Å². The largest absolute Gasteiger partial charge is 0.456 e. The van der Waals surface area contributed by atoms with Crippen LogP contribution in [0.3, 0.4) is 0 Å². The molecule has 1 aromatic heterocycles. The molecule has 0 saturated heterocycles. The Bertz CT molecular complexity index is 3930. The highest BCUT2D eigenvalue weighted by atomic mass is 16.3. The molecule has 1 heterocycles. The van der Waals surface area contributed by atoms with Crippen molar-refractivity contribution >= 4 is 54.3 Å². The number of para-hydroxylation sites is 1. The normalized spacial score (nSPS) is 20.2. The van der Waals surface area contributed by atoms with Crippen LogP contribution >= 0.6 is 0 Å². The molecule has 0 aliphatic heterocycles. The number of furan rings is 1. The van der Waals surface area contributed by atoms with E-state index in [-0.39, 0.29) is 0 Å². The van der Waals surface area contributed by atoms with Gasteiger partial charge in [-0.2, -0.15) is 0 Å². The first kappa shape index (κ1) is 9.69. The average molecular weight is 573 g/mol. The van der Waals surface area contributed by atoms with E-state index >= 15 is 0 Å². The van der Waals surface area contributed by atoms with Crippen molar-refractivity contribution < 1.29 is 40.1 Å². The van der Waals surface area contributed by atoms with Crippen molar-refractivity contribution in [3.63, 3.8) is 0 Å². The Morgan fingerprint density at radius 2 is 0.953 bits per heavy atom. The van der Waals surface area contributed by atoms with Crippen molar-refractivity contribution in [1.29, 1.82) is 0 Å². The van der Waals surface area contributed by atoms with Crippen molar-refractivity contribution in [2.24, 2.45) is 0 Å². The maximum atomic E-state index is 10.1. The Morgan fingerprint density at radius 1 is 0.372 bits per heavy atom. The molecule has 0 saturated carbocycles. The molecule has 9 rings (SSSR count). The zero-order valence-corrected chi connectivity index (χ0v) is 21.4. The summed E-state index contributed by atoms with van der Waals surface area (Å²) in [6.07, 6.45) is 0. The van der Waals surface area contributed by atoms with Crippen molar-refractivity contribution in [3.05, 3.63) is 157 Å². The molecule has 1 heteroatoms. The van der Waals surface area contributed by atoms with Gasteiger partial charge in [0.15, 0.2) is 0 Å². The van der Waals surface area contributed by atoms with Gasteiger partial charge in [0.05, 0.1) is 35.6 Å². The second-order valence-corrected chi connectivity index (χ2v) is 9.26. The number of rotatable bonds is 3. The van der Waals surface area contributed by atoms with Gasteiger partial charge in [-0.25, -0.2) is 0 Å². The van der Waals surface area contributed by atoms with Crippen LogP contribution in [0.5, 0.6) is 0 Å². The van der Waals surface area contributed by atoms with Gasteiger partial charge in [-0.3, -0.25) is 0 Å². The molecule has 0 unspecified atom stereocenters. The fourth-order valence-corrected chi connectivity index (χ4v) is 5.27. The van der Waals surface area contributed by atoms with Gasteiger partial charge in [0.1, 0.15) is 11.2 Å². The lowest BCUT2D eigenvalue weighted by Gasteiger charge is -2.20. The van der Waals surface area contributed by atoms with Crippen molar-refractivity contribution in [2.75, 3.05) is 0 Å². The third-order valence-electron chi connectivity index (χ3n) is 7.01. The Kier molecular flexibility index (Phi) is 2.13. The fraction of sp³-hybridized carbons (Fsp3) is 0. The average Bonchev–Trinajstić information content (AvgIpc) is 3.72. The molecule has 0 spiro atoms. The Hall–Kier alpha value is -5.66. The predicted molar refractivity (Wildman–Crippen MR) is 183 cm³/mol. The maximum Gasteiger partial charge on any atom is 0.136 e. The molecule has 0 aliphatic rings. The van der Waals surface area contributed by atoms with E-state index in [9.17, 15) is 9.60 Å². The van der Waals surface area contributed by atoms with Gasteiger partial charge in [0.2, 0.25) is 0 Å². The third kappa shape index (κ3) is 3.65. The summed E-state index contributed by atoms with van der Waals surface area (Å²) in [6.45, 7) is 0. The van der Waals surface area contributed by atoms with Gasteiger partial charge >= 0.3 is 0 Å². The molecule has 0 bridgehead atoms. The first-order valence-electron chi connectivity index (χ1n) is 25.7. The minimum atomic E-state index is -1.08. The van der Waals surface area contributed by atoms with Crippen LogP contribution in [-0.2, 0) is 0 Å². The molecule has 0 aliphatic carbocycles. The lowest BCUT2D eigenvalue weighted by atomic mass is 9.83. The van der Waals surface area contributed by atoms with Gasteiger partial charge in [0, 0.05) is 10.8 Å². The van der Waals surface area contributed by atoms with Gasteiger partial charge in [0.25, 0.3) is 0 Å². The topological polar surface area (TPSA) is 13.1 Å². The third-order valence-corrected chi connectivity index (χ3v) is 7.01. The summed E-state index contributed by atoms with van der Waals surface area (Å²) in [7, 11) is 0. The molecule has 8 aromatic carbocycles. The van der Waals surface area contributed by atoms with Crippen LogP contribution in [0.25, 0.3) is 87.6 Å². The summed E-state index contributed by atoms with van der Waals surface area (Å²) in [6, 6.07) is -24.4. The fourth-order valence-electron chi connectivity index (χ4n) is 5.27. The molecular weight excluding hydrogens is 520 g/mol. The summed E-state index contributed by atoms with van der Waals surface area (Å²) >= 11 is 0. The minimum absolute atomic E-state index is 0.514. The Labute approximate surface area is 285 Å². The highest BCUT2D eigenvalue weighted by Crippen LogP contribution is 2.48. The molecule has 0 amide bonds. The summed E-state index contributed by atoms with van der Waals surface area (Å²) in [5.41, 5.74) is -5.86. The van der Waals surface area contributed by atoms with Crippen molar-refractivity contribution in [1.82, 2.24) is 0 Å². The van der Waals surface area contributed by atoms with E-state index in [1.807, 2.05) is 0 Å². The summed E-state index contributed by atoms with van der Waals surface area (Å²) in [4.78, 5) is 0. The molecule has 0 N–H and O–H groups in total. The van der Waals surface area contributed by atoms with Crippen LogP contribution in [0, 0.1) is 0 Å². The lowest BCUT2D eigenvalue weighted by molar-refractivity contribution is 0.669. The zero-order valence-electron chi connectivity index (χ0n) is 47.4. The van der Waals surface area contributed by atoms with E-state index in [4.69, 9.17) is 30.5 Å². The molecule has 9 aromatic rings. The van der Waals surface area contributed by atoms with E-state index in [0.717, 1.165) is 0 Å². The van der Waals surface area contributed by atoms with E-state index in [1.54, 1.807) is 0 Å². The van der Waals surface area contributed by atoms with E-state index in [2.05, 4.69) is 0 Å². The molecular formula is C42H26O. The van der Waals surface area contributed by atoms with Gasteiger partial charge < -0.3 is 4.42 Å². The van der Waals surface area contributed by atoms with Crippen LogP contribution in [-0.4, -0.2) is 0 Å². The lowest BCUT2D eigenvalue weighted by Crippen LogP contribution is -1.93. The number of hydrogen-bond donors (Lipinski definition) is 0. The molecule has 200 valence electrons. The second kappa shape index (κ2) is 9.44. The number of hydrogen-bond acceptors (Lipinski definition) is 1. The molecule has 1 nitrogen and oxygen atoms in total. The first-order chi connectivity index (χ1) is 32.2. The van der Waals surface area contributed by atoms with E-state index in [0.29, 0.717) is 0 Å². The van der Waals surface area contributed by atoms with Crippen molar-refractivity contribution in [2.45, 2.75) is 0 Å². The van der Waals surface area contributed by atoms with Gasteiger partial charge in [-0.1, -0.05) is 139 Å². The maximum absolute atomic E-state index is 10.1. The number of benzene rings is 8. The summed E-state index contributed by atoms with van der Waals surface area (Å²) in [5, 5.41) is -5.44. The Morgan fingerprint density at radius 3 is 1.79 bits per heavy atom. The van der Waals surface area contributed by atoms with Gasteiger partial charge in [-0.15, -0.1) is 0 Å². The Balaban J connectivity index is 1.76. The molecule has 43 heavy (non-hydrogen) atoms. The molecule has 0 atom stereocenters. The van der Waals surface area contributed by atoms with Crippen LogP contribution < -0.4 is 0 Å². The second-order valence-electron chi connectivity index (χ2n) is 9.26. The minimum Gasteiger partial charge on any atom is -0.456 e. The quantitative estimate of drug-likeness (QED) is 0.192. The highest BCUT2D eigenvalue weighted by Gasteiger charge is 2.21. The van der Waals surface area contributed by atoms with E-state index in [1.165, 1.54) is 0 Å². The standard InChI is InChI=1S/C42H26O/c1-2-12-27(13-3-1)29-24-25-34-37(26-29)41(36-21-11-23-39-42(36)35-19-8-9-22-38(35)43-39)33-18-7-6-17-32(33)40(34)31-20-10-15-28-14-4-5-16-30(28)31/h1-26H/i1D,2D,3D,4D,5D,6D,7D,8D,9D,10D,11D,12D,13D,14D,15D,16D,17D,18D,19D,20D,21D,22D,23D,24D,25D,26D. The highest BCUT2D eigenvalue weighted by molar-refractivity contribution is 6.27. The first-order valence-corrected chi connectivity index (χ1v) is 12.7. The van der Waals surface area contributed by atoms with Crippen LogP contribution in [0.1, 0.15) is 35.6 Å².